The Labute approximate surface area is 124 Å². The zero-order valence-electron chi connectivity index (χ0n) is 11.7. The molecule has 0 aliphatic carbocycles. The smallest absolute Gasteiger partial charge is 0.252 e. The van der Waals surface area contributed by atoms with Crippen molar-refractivity contribution in [2.45, 2.75) is 25.0 Å². The van der Waals surface area contributed by atoms with Crippen molar-refractivity contribution in [1.82, 2.24) is 5.32 Å². The van der Waals surface area contributed by atoms with Crippen LogP contribution in [0.2, 0.25) is 0 Å². The Morgan fingerprint density at radius 2 is 2.40 bits per heavy atom. The van der Waals surface area contributed by atoms with Crippen LogP contribution in [0.4, 0.5) is 0 Å². The lowest BCUT2D eigenvalue weighted by Crippen LogP contribution is -2.30. The van der Waals surface area contributed by atoms with E-state index in [9.17, 15) is 4.79 Å². The zero-order chi connectivity index (χ0) is 14.4. The van der Waals surface area contributed by atoms with Crippen molar-refractivity contribution < 1.29 is 4.79 Å². The monoisotopic (exact) mass is 288 g/mol. The van der Waals surface area contributed by atoms with E-state index < -0.39 is 0 Å². The predicted octanol–water partition coefficient (Wildman–Crippen LogP) is 1.93. The van der Waals surface area contributed by atoms with E-state index in [0.29, 0.717) is 17.4 Å². The van der Waals surface area contributed by atoms with Gasteiger partial charge in [-0.3, -0.25) is 4.79 Å². The zero-order valence-corrected chi connectivity index (χ0v) is 12.6. The third-order valence-electron chi connectivity index (χ3n) is 3.26. The minimum Gasteiger partial charge on any atom is -0.351 e. The van der Waals surface area contributed by atoms with E-state index in [-0.39, 0.29) is 5.91 Å². The molecule has 106 valence electrons. The van der Waals surface area contributed by atoms with E-state index >= 15 is 0 Å². The highest BCUT2D eigenvalue weighted by Crippen LogP contribution is 2.25. The molecule has 0 aromatic heterocycles. The van der Waals surface area contributed by atoms with Crippen LogP contribution in [0.3, 0.4) is 0 Å². The summed E-state index contributed by atoms with van der Waals surface area (Å²) in [6.45, 7) is 3.01. The van der Waals surface area contributed by atoms with Crippen LogP contribution in [-0.4, -0.2) is 30.0 Å². The number of aryl methyl sites for hydroxylation is 1. The van der Waals surface area contributed by atoms with E-state index in [2.05, 4.69) is 17.2 Å². The number of carbonyl (C=O) groups is 1. The maximum atomic E-state index is 12.3. The highest BCUT2D eigenvalue weighted by molar-refractivity contribution is 8.00. The first kappa shape index (κ1) is 15.0. The number of nitrogens with two attached hydrogens (primary N) is 1. The molecule has 1 amide bonds. The molecule has 3 nitrogen and oxygen atoms in total. The number of rotatable bonds is 3. The van der Waals surface area contributed by atoms with Gasteiger partial charge in [0.25, 0.3) is 5.91 Å². The van der Waals surface area contributed by atoms with E-state index in [1.807, 2.05) is 36.9 Å². The summed E-state index contributed by atoms with van der Waals surface area (Å²) in [5, 5.41) is 3.58. The summed E-state index contributed by atoms with van der Waals surface area (Å²) in [5.41, 5.74) is 7.85. The van der Waals surface area contributed by atoms with Crippen LogP contribution in [-0.2, 0) is 0 Å². The van der Waals surface area contributed by atoms with Crippen LogP contribution in [0, 0.1) is 18.8 Å². The molecule has 1 aromatic carbocycles. The van der Waals surface area contributed by atoms with E-state index in [1.165, 1.54) is 18.6 Å². The second-order valence-electron chi connectivity index (χ2n) is 4.90. The van der Waals surface area contributed by atoms with Crippen molar-refractivity contribution in [3.63, 3.8) is 0 Å². The Morgan fingerprint density at radius 3 is 3.10 bits per heavy atom. The molecule has 1 aromatic rings. The molecule has 20 heavy (non-hydrogen) atoms. The molecule has 0 saturated carbocycles. The average Bonchev–Trinajstić information content (AvgIpc) is 2.96. The average molecular weight is 288 g/mol. The normalized spacial score (nSPS) is 17.4. The molecule has 1 heterocycles. The van der Waals surface area contributed by atoms with Gasteiger partial charge in [0.2, 0.25) is 0 Å². The third-order valence-corrected chi connectivity index (χ3v) is 4.66. The molecular formula is C16H20N2OS. The summed E-state index contributed by atoms with van der Waals surface area (Å²) in [7, 11) is 0. The van der Waals surface area contributed by atoms with Crippen molar-refractivity contribution in [2.24, 2.45) is 5.73 Å². The molecule has 2 rings (SSSR count). The third kappa shape index (κ3) is 4.03. The minimum absolute atomic E-state index is 0.0393. The number of benzene rings is 1. The van der Waals surface area contributed by atoms with Gasteiger partial charge in [-0.15, -0.1) is 0 Å². The fraction of sp³-hybridized carbons (Fsp3) is 0.438. The van der Waals surface area contributed by atoms with Gasteiger partial charge in [-0.25, -0.2) is 0 Å². The number of nitrogens with one attached hydrogen (secondary N) is 1. The van der Waals surface area contributed by atoms with Crippen molar-refractivity contribution in [2.75, 3.05) is 18.8 Å². The van der Waals surface area contributed by atoms with Crippen molar-refractivity contribution in [3.05, 3.63) is 34.9 Å². The summed E-state index contributed by atoms with van der Waals surface area (Å²) in [5.74, 6) is 6.95. The maximum absolute atomic E-state index is 12.3. The number of hydrogen-bond donors (Lipinski definition) is 2. The molecule has 1 fully saturated rings. The van der Waals surface area contributed by atoms with Gasteiger partial charge in [-0.2, -0.15) is 11.8 Å². The van der Waals surface area contributed by atoms with Crippen LogP contribution in [0.5, 0.6) is 0 Å². The minimum atomic E-state index is -0.0393. The number of thioether (sulfide) groups is 1. The lowest BCUT2D eigenvalue weighted by Gasteiger charge is -2.11. The Hall–Kier alpha value is -1.44. The lowest BCUT2D eigenvalue weighted by atomic mass is 10.0. The fourth-order valence-corrected chi connectivity index (χ4v) is 3.41. The number of carbonyl (C=O) groups excluding carboxylic acids is 1. The van der Waals surface area contributed by atoms with Crippen molar-refractivity contribution in [1.29, 1.82) is 0 Å². The molecule has 1 atom stereocenters. The molecule has 1 unspecified atom stereocenters. The largest absolute Gasteiger partial charge is 0.351 e. The van der Waals surface area contributed by atoms with Gasteiger partial charge < -0.3 is 11.1 Å². The van der Waals surface area contributed by atoms with Gasteiger partial charge in [0, 0.05) is 17.4 Å². The molecule has 3 N–H and O–H groups in total. The molecular weight excluding hydrogens is 268 g/mol. The first-order chi connectivity index (χ1) is 9.70. The molecule has 1 aliphatic rings. The van der Waals surface area contributed by atoms with Crippen LogP contribution in [0.25, 0.3) is 0 Å². The fourth-order valence-electron chi connectivity index (χ4n) is 2.21. The Balaban J connectivity index is 2.08. The SMILES string of the molecule is Cc1ccc(C#CCN)c(C(=O)NCC2CCCS2)c1. The van der Waals surface area contributed by atoms with Gasteiger partial charge in [0.15, 0.2) is 0 Å². The second kappa shape index (κ2) is 7.37. The summed E-state index contributed by atoms with van der Waals surface area (Å²) >= 11 is 1.94. The summed E-state index contributed by atoms with van der Waals surface area (Å²) in [6, 6.07) is 5.74. The first-order valence-electron chi connectivity index (χ1n) is 6.90. The Bertz CT molecular complexity index is 539. The predicted molar refractivity (Wildman–Crippen MR) is 84.9 cm³/mol. The molecule has 0 bridgehead atoms. The molecule has 1 aliphatic heterocycles. The van der Waals surface area contributed by atoms with Crippen molar-refractivity contribution >= 4 is 17.7 Å². The summed E-state index contributed by atoms with van der Waals surface area (Å²) in [6.07, 6.45) is 2.45. The van der Waals surface area contributed by atoms with Crippen LogP contribution >= 0.6 is 11.8 Å². The molecule has 0 spiro atoms. The van der Waals surface area contributed by atoms with Gasteiger partial charge in [0.1, 0.15) is 0 Å². The van der Waals surface area contributed by atoms with E-state index in [0.717, 1.165) is 17.7 Å². The van der Waals surface area contributed by atoms with Gasteiger partial charge in [0.05, 0.1) is 12.1 Å². The maximum Gasteiger partial charge on any atom is 0.252 e. The number of amides is 1. The van der Waals surface area contributed by atoms with Crippen LogP contribution in [0.15, 0.2) is 18.2 Å². The summed E-state index contributed by atoms with van der Waals surface area (Å²) < 4.78 is 0. The van der Waals surface area contributed by atoms with Gasteiger partial charge in [-0.1, -0.05) is 23.5 Å². The quantitative estimate of drug-likeness (QED) is 0.836. The molecule has 0 radical (unpaired) electrons. The van der Waals surface area contributed by atoms with Crippen LogP contribution in [0.1, 0.15) is 34.3 Å². The standard InChI is InChI=1S/C16H20N2OS/c1-12-6-7-13(4-2-8-17)15(10-12)16(19)18-11-14-5-3-9-20-14/h6-7,10,14H,3,5,8-9,11,17H2,1H3,(H,18,19). The van der Waals surface area contributed by atoms with Crippen LogP contribution < -0.4 is 11.1 Å². The lowest BCUT2D eigenvalue weighted by molar-refractivity contribution is 0.0953. The topological polar surface area (TPSA) is 55.1 Å². The highest BCUT2D eigenvalue weighted by atomic mass is 32.2. The van der Waals surface area contributed by atoms with E-state index in [4.69, 9.17) is 5.73 Å². The first-order valence-corrected chi connectivity index (χ1v) is 7.95. The summed E-state index contributed by atoms with van der Waals surface area (Å²) in [4.78, 5) is 12.3. The Kier molecular flexibility index (Phi) is 5.51. The highest BCUT2D eigenvalue weighted by Gasteiger charge is 2.17. The van der Waals surface area contributed by atoms with E-state index in [1.54, 1.807) is 0 Å². The van der Waals surface area contributed by atoms with Crippen molar-refractivity contribution in [3.8, 4) is 11.8 Å². The van der Waals surface area contributed by atoms with Gasteiger partial charge >= 0.3 is 0 Å². The second-order valence-corrected chi connectivity index (χ2v) is 6.31. The molecule has 4 heteroatoms. The Morgan fingerprint density at radius 1 is 1.55 bits per heavy atom. The number of hydrogen-bond acceptors (Lipinski definition) is 3. The molecule has 1 saturated heterocycles. The van der Waals surface area contributed by atoms with Gasteiger partial charge in [-0.05, 0) is 37.7 Å².